The molecule has 2 rings (SSSR count). The topological polar surface area (TPSA) is 129 Å². The number of rotatable bonds is 6. The zero-order valence-electron chi connectivity index (χ0n) is 13.7. The number of halogens is 1. The van der Waals surface area contributed by atoms with Gasteiger partial charge >= 0.3 is 0 Å². The van der Waals surface area contributed by atoms with Crippen LogP contribution in [0, 0.1) is 32.8 Å². The van der Waals surface area contributed by atoms with Crippen molar-refractivity contribution in [1.82, 2.24) is 0 Å². The van der Waals surface area contributed by atoms with Crippen molar-refractivity contribution in [3.63, 3.8) is 0 Å². The normalized spacial score (nSPS) is 10.4. The second kappa shape index (κ2) is 9.13. The zero-order valence-corrected chi connectivity index (χ0v) is 15.3. The molecule has 0 aliphatic heterocycles. The third-order valence-corrected chi connectivity index (χ3v) is 3.74. The number of nitro benzene ring substituents is 1. The molecule has 0 aliphatic rings. The van der Waals surface area contributed by atoms with Crippen LogP contribution in [0.15, 0.2) is 52.5 Å². The Morgan fingerprint density at radius 2 is 2.07 bits per heavy atom. The molecule has 8 nitrogen and oxygen atoms in total. The van der Waals surface area contributed by atoms with Crippen LogP contribution < -0.4 is 10.1 Å². The highest BCUT2D eigenvalue weighted by atomic mass is 79.9. The van der Waals surface area contributed by atoms with E-state index in [0.717, 1.165) is 0 Å². The first-order valence-electron chi connectivity index (χ1n) is 7.41. The average molecular weight is 427 g/mol. The number of non-ortho nitro benzene ring substituents is 1. The molecule has 27 heavy (non-hydrogen) atoms. The number of ether oxygens (including phenoxy) is 1. The molecule has 0 fully saturated rings. The summed E-state index contributed by atoms with van der Waals surface area (Å²) in [5, 5.41) is 31.2. The summed E-state index contributed by atoms with van der Waals surface area (Å²) >= 11 is 3.29. The van der Waals surface area contributed by atoms with Crippen molar-refractivity contribution in [1.29, 1.82) is 10.5 Å². The number of carbonyl (C=O) groups excluding carboxylic acids is 1. The fourth-order valence-electron chi connectivity index (χ4n) is 2.07. The van der Waals surface area contributed by atoms with Crippen molar-refractivity contribution in [2.24, 2.45) is 0 Å². The van der Waals surface area contributed by atoms with E-state index in [2.05, 4.69) is 21.2 Å². The van der Waals surface area contributed by atoms with Gasteiger partial charge in [0.2, 0.25) is 0 Å². The molecule has 0 heterocycles. The molecule has 2 aromatic rings. The van der Waals surface area contributed by atoms with E-state index in [1.54, 1.807) is 24.3 Å². The minimum absolute atomic E-state index is 0.186. The first-order chi connectivity index (χ1) is 12.9. The van der Waals surface area contributed by atoms with Gasteiger partial charge in [-0.05, 0) is 30.3 Å². The molecule has 0 aromatic heterocycles. The minimum Gasteiger partial charge on any atom is -0.478 e. The number of nitriles is 2. The van der Waals surface area contributed by atoms with Crippen molar-refractivity contribution in [2.75, 3.05) is 11.9 Å². The second-order valence-electron chi connectivity index (χ2n) is 5.06. The molecule has 134 valence electrons. The summed E-state index contributed by atoms with van der Waals surface area (Å²) in [7, 11) is 0. The maximum atomic E-state index is 12.4. The van der Waals surface area contributed by atoms with E-state index in [0.29, 0.717) is 15.8 Å². The fourth-order valence-corrected chi connectivity index (χ4v) is 2.45. The van der Waals surface area contributed by atoms with Crippen LogP contribution in [0.25, 0.3) is 6.08 Å². The van der Waals surface area contributed by atoms with E-state index in [1.807, 2.05) is 6.07 Å². The number of amides is 1. The van der Waals surface area contributed by atoms with Crippen molar-refractivity contribution >= 4 is 39.3 Å². The quantitative estimate of drug-likeness (QED) is 0.323. The van der Waals surface area contributed by atoms with Crippen molar-refractivity contribution in [3.8, 4) is 17.9 Å². The molecule has 0 saturated heterocycles. The number of carbonyl (C=O) groups is 1. The molecule has 0 spiro atoms. The summed E-state index contributed by atoms with van der Waals surface area (Å²) < 4.78 is 5.97. The van der Waals surface area contributed by atoms with Gasteiger partial charge in [0.25, 0.3) is 11.6 Å². The lowest BCUT2D eigenvalue weighted by Crippen LogP contribution is -2.13. The van der Waals surface area contributed by atoms with Crippen LogP contribution in [0.5, 0.6) is 5.75 Å². The van der Waals surface area contributed by atoms with Crippen LogP contribution in [0.1, 0.15) is 5.56 Å². The molecule has 9 heteroatoms. The van der Waals surface area contributed by atoms with E-state index in [9.17, 15) is 20.2 Å². The first-order valence-corrected chi connectivity index (χ1v) is 8.21. The van der Waals surface area contributed by atoms with Gasteiger partial charge in [0.05, 0.1) is 4.92 Å². The summed E-state index contributed by atoms with van der Waals surface area (Å²) in [6.07, 6.45) is 1.31. The van der Waals surface area contributed by atoms with Gasteiger partial charge in [-0.15, -0.1) is 0 Å². The Morgan fingerprint density at radius 3 is 2.74 bits per heavy atom. The lowest BCUT2D eigenvalue weighted by Gasteiger charge is -2.08. The Kier molecular flexibility index (Phi) is 6.64. The average Bonchev–Trinajstić information content (AvgIpc) is 2.65. The van der Waals surface area contributed by atoms with Crippen LogP contribution in [0.3, 0.4) is 0 Å². The predicted molar refractivity (Wildman–Crippen MR) is 101 cm³/mol. The lowest BCUT2D eigenvalue weighted by atomic mass is 10.1. The molecular weight excluding hydrogens is 416 g/mol. The molecule has 1 N–H and O–H groups in total. The van der Waals surface area contributed by atoms with Crippen LogP contribution in [-0.2, 0) is 4.79 Å². The highest BCUT2D eigenvalue weighted by Crippen LogP contribution is 2.26. The third kappa shape index (κ3) is 5.39. The third-order valence-electron chi connectivity index (χ3n) is 3.24. The Hall–Kier alpha value is -3.69. The van der Waals surface area contributed by atoms with Gasteiger partial charge in [-0.3, -0.25) is 14.9 Å². The summed E-state index contributed by atoms with van der Waals surface area (Å²) in [6.45, 7) is -0.190. The van der Waals surface area contributed by atoms with Crippen molar-refractivity contribution in [2.45, 2.75) is 0 Å². The van der Waals surface area contributed by atoms with Gasteiger partial charge in [-0.25, -0.2) is 0 Å². The van der Waals surface area contributed by atoms with E-state index in [1.165, 1.54) is 30.3 Å². The monoisotopic (exact) mass is 426 g/mol. The highest BCUT2D eigenvalue weighted by Gasteiger charge is 2.13. The minimum atomic E-state index is -0.732. The lowest BCUT2D eigenvalue weighted by molar-refractivity contribution is -0.384. The summed E-state index contributed by atoms with van der Waals surface area (Å²) in [6, 6.07) is 13.9. The van der Waals surface area contributed by atoms with Crippen LogP contribution >= 0.6 is 15.9 Å². The first kappa shape index (κ1) is 19.6. The molecule has 0 bridgehead atoms. The number of hydrogen-bond acceptors (Lipinski definition) is 6. The molecule has 1 amide bonds. The number of nitro groups is 1. The second-order valence-corrected chi connectivity index (χ2v) is 5.98. The highest BCUT2D eigenvalue weighted by molar-refractivity contribution is 9.10. The maximum Gasteiger partial charge on any atom is 0.271 e. The zero-order chi connectivity index (χ0) is 19.8. The van der Waals surface area contributed by atoms with Gasteiger partial charge in [0.15, 0.2) is 6.61 Å². The Bertz CT molecular complexity index is 1010. The van der Waals surface area contributed by atoms with E-state index in [4.69, 9.17) is 10.00 Å². The molecule has 0 unspecified atom stereocenters. The number of nitrogens with zero attached hydrogens (tertiary/aromatic N) is 3. The van der Waals surface area contributed by atoms with Gasteiger partial charge in [-0.2, -0.15) is 10.5 Å². The summed E-state index contributed by atoms with van der Waals surface area (Å²) in [5.74, 6) is -0.403. The van der Waals surface area contributed by atoms with E-state index >= 15 is 0 Å². The summed E-state index contributed by atoms with van der Waals surface area (Å²) in [4.78, 5) is 22.6. The van der Waals surface area contributed by atoms with E-state index < -0.39 is 10.8 Å². The Balaban J connectivity index is 2.31. The largest absolute Gasteiger partial charge is 0.478 e. The number of benzene rings is 2. The Labute approximate surface area is 162 Å². The van der Waals surface area contributed by atoms with Gasteiger partial charge in [-0.1, -0.05) is 22.0 Å². The van der Waals surface area contributed by atoms with Gasteiger partial charge < -0.3 is 10.1 Å². The number of anilines is 1. The predicted octanol–water partition coefficient (Wildman–Crippen LogP) is 3.81. The van der Waals surface area contributed by atoms with Gasteiger partial charge in [0, 0.05) is 27.9 Å². The van der Waals surface area contributed by atoms with Gasteiger partial charge in [0.1, 0.15) is 23.5 Å². The molecule has 0 radical (unpaired) electrons. The smallest absolute Gasteiger partial charge is 0.271 e. The Morgan fingerprint density at radius 1 is 1.30 bits per heavy atom. The molecule has 0 aliphatic carbocycles. The number of hydrogen-bond donors (Lipinski definition) is 1. The van der Waals surface area contributed by atoms with Crippen LogP contribution in [0.2, 0.25) is 0 Å². The van der Waals surface area contributed by atoms with E-state index in [-0.39, 0.29) is 23.6 Å². The molecular formula is C18H11BrN4O4. The van der Waals surface area contributed by atoms with Crippen molar-refractivity contribution < 1.29 is 14.5 Å². The molecule has 0 atom stereocenters. The van der Waals surface area contributed by atoms with Crippen LogP contribution in [0.4, 0.5) is 11.4 Å². The fraction of sp³-hybridized carbons (Fsp3) is 0.0556. The molecule has 0 saturated carbocycles. The number of nitrogens with one attached hydrogen (secondary N) is 1. The summed E-state index contributed by atoms with van der Waals surface area (Å²) in [5.41, 5.74) is 0.187. The van der Waals surface area contributed by atoms with Crippen molar-refractivity contribution in [3.05, 3.63) is 68.2 Å². The van der Waals surface area contributed by atoms with Crippen LogP contribution in [-0.4, -0.2) is 17.4 Å². The SMILES string of the molecule is N#CCOc1ccc(Br)cc1/C=C(\C#N)C(=O)Nc1cccc([N+](=O)[O-])c1. The standard InChI is InChI=1S/C18H11BrN4O4/c19-14-4-5-17(27-7-6-20)12(9-14)8-13(11-21)18(24)22-15-2-1-3-16(10-15)23(25)26/h1-5,8-10H,7H2,(H,22,24)/b13-8+. The molecule has 2 aromatic carbocycles. The maximum absolute atomic E-state index is 12.4.